The van der Waals surface area contributed by atoms with Crippen molar-refractivity contribution >= 4 is 11.6 Å². The molecule has 0 bridgehead atoms. The van der Waals surface area contributed by atoms with Crippen LogP contribution in [0.1, 0.15) is 12.5 Å². The minimum atomic E-state index is 0.812. The van der Waals surface area contributed by atoms with Crippen LogP contribution in [0.5, 0.6) is 0 Å². The van der Waals surface area contributed by atoms with Crippen LogP contribution in [-0.4, -0.2) is 4.57 Å². The molecule has 0 saturated carbocycles. The lowest BCUT2D eigenvalue weighted by Gasteiger charge is -1.87. The average Bonchev–Trinajstić information content (AvgIpc) is 2.13. The van der Waals surface area contributed by atoms with Gasteiger partial charge in [-0.2, -0.15) is 0 Å². The molecule has 0 spiro atoms. The minimum Gasteiger partial charge on any atom is -0.342 e. The summed E-state index contributed by atoms with van der Waals surface area (Å²) in [5.41, 5.74) is 1.29. The van der Waals surface area contributed by atoms with Gasteiger partial charge in [0.05, 0.1) is 0 Å². The van der Waals surface area contributed by atoms with Crippen molar-refractivity contribution in [1.29, 1.82) is 0 Å². The third-order valence-corrected chi connectivity index (χ3v) is 1.78. The van der Waals surface area contributed by atoms with E-state index in [1.165, 1.54) is 5.56 Å². The zero-order chi connectivity index (χ0) is 6.85. The molecule has 0 aliphatic carbocycles. The molecule has 0 unspecified atom stereocenters. The van der Waals surface area contributed by atoms with Gasteiger partial charge in [0, 0.05) is 13.2 Å². The maximum Gasteiger partial charge on any atom is 0.108 e. The first kappa shape index (κ1) is 6.69. The van der Waals surface area contributed by atoms with Gasteiger partial charge in [0.15, 0.2) is 0 Å². The summed E-state index contributed by atoms with van der Waals surface area (Å²) in [6.45, 7) is 2.12. The maximum absolute atomic E-state index is 5.77. The summed E-state index contributed by atoms with van der Waals surface area (Å²) in [5.74, 6) is 0. The van der Waals surface area contributed by atoms with E-state index < -0.39 is 0 Å². The predicted molar refractivity (Wildman–Crippen MR) is 39.8 cm³/mol. The molecule has 0 N–H and O–H groups in total. The van der Waals surface area contributed by atoms with Crippen molar-refractivity contribution in [3.8, 4) is 0 Å². The number of hydrogen-bond donors (Lipinski definition) is 0. The molecule has 50 valence electrons. The molecule has 1 nitrogen and oxygen atoms in total. The van der Waals surface area contributed by atoms with Gasteiger partial charge in [-0.3, -0.25) is 0 Å². The third kappa shape index (κ3) is 1.28. The van der Waals surface area contributed by atoms with Crippen LogP contribution in [0, 0.1) is 0 Å². The monoisotopic (exact) mass is 143 g/mol. The molecule has 9 heavy (non-hydrogen) atoms. The van der Waals surface area contributed by atoms with Crippen LogP contribution in [0.3, 0.4) is 0 Å². The lowest BCUT2D eigenvalue weighted by molar-refractivity contribution is 0.920. The van der Waals surface area contributed by atoms with Crippen molar-refractivity contribution in [1.82, 2.24) is 4.57 Å². The number of aromatic nitrogens is 1. The second-order valence-corrected chi connectivity index (χ2v) is 2.52. The molecule has 0 radical (unpaired) electrons. The Balaban J connectivity index is 2.98. The normalized spacial score (nSPS) is 10.1. The van der Waals surface area contributed by atoms with Crippen molar-refractivity contribution in [2.75, 3.05) is 0 Å². The molecule has 1 heterocycles. The molecule has 1 rings (SSSR count). The molecule has 0 aromatic carbocycles. The van der Waals surface area contributed by atoms with Crippen LogP contribution in [-0.2, 0) is 13.5 Å². The van der Waals surface area contributed by atoms with Crippen molar-refractivity contribution in [2.24, 2.45) is 7.05 Å². The summed E-state index contributed by atoms with van der Waals surface area (Å²) in [6, 6.07) is 1.99. The molecular weight excluding hydrogens is 134 g/mol. The van der Waals surface area contributed by atoms with Gasteiger partial charge < -0.3 is 4.57 Å². The van der Waals surface area contributed by atoms with E-state index in [-0.39, 0.29) is 0 Å². The van der Waals surface area contributed by atoms with Gasteiger partial charge in [0.1, 0.15) is 5.15 Å². The van der Waals surface area contributed by atoms with Gasteiger partial charge >= 0.3 is 0 Å². The smallest absolute Gasteiger partial charge is 0.108 e. The van der Waals surface area contributed by atoms with Gasteiger partial charge in [0.25, 0.3) is 0 Å². The fourth-order valence-electron chi connectivity index (χ4n) is 0.796. The quantitative estimate of drug-likeness (QED) is 0.568. The molecule has 0 saturated heterocycles. The van der Waals surface area contributed by atoms with Gasteiger partial charge in [0.2, 0.25) is 0 Å². The van der Waals surface area contributed by atoms with E-state index in [2.05, 4.69) is 6.92 Å². The van der Waals surface area contributed by atoms with E-state index in [0.29, 0.717) is 0 Å². The number of hydrogen-bond acceptors (Lipinski definition) is 0. The Morgan fingerprint density at radius 3 is 2.56 bits per heavy atom. The van der Waals surface area contributed by atoms with Crippen LogP contribution in [0.2, 0.25) is 5.15 Å². The minimum absolute atomic E-state index is 0.812. The molecule has 0 amide bonds. The number of halogens is 1. The standard InChI is InChI=1S/C7H10ClN/c1-3-6-4-7(8)9(2)5-6/h4-5H,3H2,1-2H3. The number of rotatable bonds is 1. The lowest BCUT2D eigenvalue weighted by atomic mass is 10.3. The largest absolute Gasteiger partial charge is 0.342 e. The Morgan fingerprint density at radius 2 is 2.33 bits per heavy atom. The second kappa shape index (κ2) is 2.44. The highest BCUT2D eigenvalue weighted by molar-refractivity contribution is 6.29. The first-order valence-electron chi connectivity index (χ1n) is 3.04. The Kier molecular flexibility index (Phi) is 1.81. The Morgan fingerprint density at radius 1 is 1.67 bits per heavy atom. The van der Waals surface area contributed by atoms with Crippen LogP contribution in [0.4, 0.5) is 0 Å². The Hall–Kier alpha value is -0.430. The van der Waals surface area contributed by atoms with E-state index in [9.17, 15) is 0 Å². The molecular formula is C7H10ClN. The Bertz CT molecular complexity index is 183. The van der Waals surface area contributed by atoms with Gasteiger partial charge in [-0.05, 0) is 18.1 Å². The van der Waals surface area contributed by atoms with Gasteiger partial charge in [-0.25, -0.2) is 0 Å². The zero-order valence-electron chi connectivity index (χ0n) is 5.69. The summed E-state index contributed by atoms with van der Waals surface area (Å²) in [4.78, 5) is 0. The topological polar surface area (TPSA) is 4.93 Å². The highest BCUT2D eigenvalue weighted by Gasteiger charge is 1.95. The molecule has 1 aromatic heterocycles. The van der Waals surface area contributed by atoms with E-state index in [4.69, 9.17) is 11.6 Å². The first-order valence-corrected chi connectivity index (χ1v) is 3.42. The van der Waals surface area contributed by atoms with Crippen molar-refractivity contribution in [3.05, 3.63) is 23.0 Å². The highest BCUT2D eigenvalue weighted by Crippen LogP contribution is 2.12. The molecule has 1 aromatic rings. The summed E-state index contributed by atoms with van der Waals surface area (Å²) >= 11 is 5.77. The molecule has 0 aliphatic rings. The lowest BCUT2D eigenvalue weighted by Crippen LogP contribution is -1.81. The predicted octanol–water partition coefficient (Wildman–Crippen LogP) is 2.24. The number of nitrogens with zero attached hydrogens (tertiary/aromatic N) is 1. The van der Waals surface area contributed by atoms with Crippen LogP contribution < -0.4 is 0 Å². The van der Waals surface area contributed by atoms with Crippen LogP contribution in [0.15, 0.2) is 12.3 Å². The summed E-state index contributed by atoms with van der Waals surface area (Å²) in [6.07, 6.45) is 3.10. The SMILES string of the molecule is CCc1cc(Cl)n(C)c1. The van der Waals surface area contributed by atoms with E-state index in [1.54, 1.807) is 0 Å². The number of aryl methyl sites for hydroxylation is 2. The van der Waals surface area contributed by atoms with Crippen molar-refractivity contribution in [2.45, 2.75) is 13.3 Å². The Labute approximate surface area is 60.2 Å². The van der Waals surface area contributed by atoms with Crippen molar-refractivity contribution < 1.29 is 0 Å². The molecule has 0 fully saturated rings. The van der Waals surface area contributed by atoms with E-state index in [1.807, 2.05) is 23.9 Å². The van der Waals surface area contributed by atoms with E-state index >= 15 is 0 Å². The maximum atomic E-state index is 5.77. The fraction of sp³-hybridized carbons (Fsp3) is 0.429. The fourth-order valence-corrected chi connectivity index (χ4v) is 0.985. The second-order valence-electron chi connectivity index (χ2n) is 2.14. The van der Waals surface area contributed by atoms with Crippen LogP contribution >= 0.6 is 11.6 Å². The van der Waals surface area contributed by atoms with Crippen molar-refractivity contribution in [3.63, 3.8) is 0 Å². The van der Waals surface area contributed by atoms with E-state index in [0.717, 1.165) is 11.6 Å². The van der Waals surface area contributed by atoms with Gasteiger partial charge in [-0.15, -0.1) is 0 Å². The summed E-state index contributed by atoms with van der Waals surface area (Å²) in [7, 11) is 1.95. The summed E-state index contributed by atoms with van der Waals surface area (Å²) in [5, 5.41) is 0.812. The van der Waals surface area contributed by atoms with Gasteiger partial charge in [-0.1, -0.05) is 18.5 Å². The zero-order valence-corrected chi connectivity index (χ0v) is 6.44. The first-order chi connectivity index (χ1) is 4.24. The third-order valence-electron chi connectivity index (χ3n) is 1.41. The molecule has 0 aliphatic heterocycles. The highest BCUT2D eigenvalue weighted by atomic mass is 35.5. The van der Waals surface area contributed by atoms with Crippen LogP contribution in [0.25, 0.3) is 0 Å². The summed E-state index contributed by atoms with van der Waals surface area (Å²) < 4.78 is 1.92. The average molecular weight is 144 g/mol. The molecule has 0 atom stereocenters. The molecule has 2 heteroatoms.